The second kappa shape index (κ2) is 8.87. The highest BCUT2D eigenvalue weighted by atomic mass is 32.2. The second-order valence-electron chi connectivity index (χ2n) is 7.28. The van der Waals surface area contributed by atoms with Crippen molar-refractivity contribution >= 4 is 34.9 Å². The van der Waals surface area contributed by atoms with Crippen LogP contribution in [0.3, 0.4) is 0 Å². The third kappa shape index (κ3) is 4.48. The number of furan rings is 1. The highest BCUT2D eigenvalue weighted by Gasteiger charge is 2.37. The standard InChI is InChI=1S/C22H21FN2O4S/c23-16-7-5-6-15(12-16)18-9-8-17(29-18)13-19-21(27)25(22(28)30-19)14-20(26)24-10-3-1-2-4-11-24/h5-9,12-13H,1-4,10-11,14H2. The van der Waals surface area contributed by atoms with Gasteiger partial charge in [0.05, 0.1) is 4.91 Å². The molecule has 2 aliphatic heterocycles. The van der Waals surface area contributed by atoms with Crippen LogP contribution in [0.15, 0.2) is 45.7 Å². The molecule has 1 aromatic carbocycles. The Hall–Kier alpha value is -2.87. The van der Waals surface area contributed by atoms with Crippen molar-refractivity contribution in [1.29, 1.82) is 0 Å². The summed E-state index contributed by atoms with van der Waals surface area (Å²) in [5.74, 6) is -0.251. The van der Waals surface area contributed by atoms with Gasteiger partial charge in [0.2, 0.25) is 5.91 Å². The van der Waals surface area contributed by atoms with Gasteiger partial charge in [-0.05, 0) is 48.9 Å². The van der Waals surface area contributed by atoms with Gasteiger partial charge in [-0.25, -0.2) is 4.39 Å². The highest BCUT2D eigenvalue weighted by molar-refractivity contribution is 8.18. The summed E-state index contributed by atoms with van der Waals surface area (Å²) in [6, 6.07) is 9.32. The molecule has 156 valence electrons. The number of thioether (sulfide) groups is 1. The van der Waals surface area contributed by atoms with E-state index in [9.17, 15) is 18.8 Å². The van der Waals surface area contributed by atoms with Crippen LogP contribution in [0.1, 0.15) is 31.4 Å². The number of benzene rings is 1. The zero-order valence-corrected chi connectivity index (χ0v) is 17.1. The summed E-state index contributed by atoms with van der Waals surface area (Å²) >= 11 is 0.785. The molecule has 0 radical (unpaired) electrons. The van der Waals surface area contributed by atoms with Gasteiger partial charge in [0.25, 0.3) is 11.1 Å². The first-order valence-corrected chi connectivity index (χ1v) is 10.7. The van der Waals surface area contributed by atoms with Crippen LogP contribution in [0.2, 0.25) is 0 Å². The van der Waals surface area contributed by atoms with Gasteiger partial charge in [-0.1, -0.05) is 25.0 Å². The van der Waals surface area contributed by atoms with Crippen molar-refractivity contribution in [3.63, 3.8) is 0 Å². The van der Waals surface area contributed by atoms with Crippen LogP contribution in [-0.2, 0) is 9.59 Å². The average molecular weight is 428 g/mol. The van der Waals surface area contributed by atoms with Crippen LogP contribution >= 0.6 is 11.8 Å². The monoisotopic (exact) mass is 428 g/mol. The molecule has 2 aromatic rings. The lowest BCUT2D eigenvalue weighted by Gasteiger charge is -2.22. The smallest absolute Gasteiger partial charge is 0.294 e. The maximum absolute atomic E-state index is 13.4. The van der Waals surface area contributed by atoms with Crippen LogP contribution in [-0.4, -0.2) is 46.5 Å². The van der Waals surface area contributed by atoms with Gasteiger partial charge in [0, 0.05) is 24.7 Å². The molecular formula is C22H21FN2O4S. The fourth-order valence-corrected chi connectivity index (χ4v) is 4.37. The van der Waals surface area contributed by atoms with E-state index in [-0.39, 0.29) is 23.2 Å². The van der Waals surface area contributed by atoms with Gasteiger partial charge < -0.3 is 9.32 Å². The lowest BCUT2D eigenvalue weighted by atomic mass is 10.2. The summed E-state index contributed by atoms with van der Waals surface area (Å²) in [5.41, 5.74) is 0.575. The van der Waals surface area contributed by atoms with Gasteiger partial charge in [0.1, 0.15) is 23.9 Å². The Labute approximate surface area is 177 Å². The number of likely N-dealkylation sites (tertiary alicyclic amines) is 1. The van der Waals surface area contributed by atoms with Crippen molar-refractivity contribution in [3.8, 4) is 11.3 Å². The van der Waals surface area contributed by atoms with E-state index in [4.69, 9.17) is 4.42 Å². The molecule has 8 heteroatoms. The molecule has 3 heterocycles. The fourth-order valence-electron chi connectivity index (χ4n) is 3.55. The van der Waals surface area contributed by atoms with Crippen molar-refractivity contribution in [2.45, 2.75) is 25.7 Å². The van der Waals surface area contributed by atoms with Crippen molar-refractivity contribution in [1.82, 2.24) is 9.80 Å². The molecule has 0 N–H and O–H groups in total. The Morgan fingerprint density at radius 3 is 2.60 bits per heavy atom. The Kier molecular flexibility index (Phi) is 6.03. The maximum atomic E-state index is 13.4. The van der Waals surface area contributed by atoms with Crippen molar-refractivity contribution < 1.29 is 23.2 Å². The molecule has 0 aliphatic carbocycles. The molecule has 2 fully saturated rings. The van der Waals surface area contributed by atoms with Gasteiger partial charge >= 0.3 is 0 Å². The van der Waals surface area contributed by atoms with E-state index in [0.717, 1.165) is 42.3 Å². The Morgan fingerprint density at radius 1 is 1.10 bits per heavy atom. The molecule has 4 rings (SSSR count). The molecule has 0 atom stereocenters. The van der Waals surface area contributed by atoms with Crippen molar-refractivity contribution in [2.75, 3.05) is 19.6 Å². The normalized spacial score (nSPS) is 18.9. The lowest BCUT2D eigenvalue weighted by molar-refractivity contribution is -0.135. The summed E-state index contributed by atoms with van der Waals surface area (Å²) in [5, 5.41) is -0.466. The van der Waals surface area contributed by atoms with Crippen molar-refractivity contribution in [2.24, 2.45) is 0 Å². The SMILES string of the molecule is O=C(CN1C(=O)SC(=Cc2ccc(-c3cccc(F)c3)o2)C1=O)N1CCCCCC1. The lowest BCUT2D eigenvalue weighted by Crippen LogP contribution is -2.42. The zero-order valence-electron chi connectivity index (χ0n) is 16.3. The predicted octanol–water partition coefficient (Wildman–Crippen LogP) is 4.52. The van der Waals surface area contributed by atoms with Gasteiger partial charge in [-0.2, -0.15) is 0 Å². The molecular weight excluding hydrogens is 407 g/mol. The Balaban J connectivity index is 1.46. The predicted molar refractivity (Wildman–Crippen MR) is 112 cm³/mol. The first-order chi connectivity index (χ1) is 14.5. The third-order valence-electron chi connectivity index (χ3n) is 5.14. The second-order valence-corrected chi connectivity index (χ2v) is 8.27. The van der Waals surface area contributed by atoms with Crippen LogP contribution in [0.4, 0.5) is 9.18 Å². The van der Waals surface area contributed by atoms with Crippen LogP contribution in [0.25, 0.3) is 17.4 Å². The zero-order chi connectivity index (χ0) is 21.1. The number of carbonyl (C=O) groups is 3. The van der Waals surface area contributed by atoms with E-state index in [1.807, 2.05) is 0 Å². The van der Waals surface area contributed by atoms with Crippen LogP contribution in [0, 0.1) is 5.82 Å². The Bertz CT molecular complexity index is 1010. The summed E-state index contributed by atoms with van der Waals surface area (Å²) < 4.78 is 19.1. The summed E-state index contributed by atoms with van der Waals surface area (Å²) in [6.07, 6.45) is 5.55. The van der Waals surface area contributed by atoms with Gasteiger partial charge in [0.15, 0.2) is 0 Å². The molecule has 30 heavy (non-hydrogen) atoms. The fraction of sp³-hybridized carbons (Fsp3) is 0.318. The summed E-state index contributed by atoms with van der Waals surface area (Å²) in [6.45, 7) is 1.09. The van der Waals surface area contributed by atoms with E-state index >= 15 is 0 Å². The molecule has 0 spiro atoms. The molecule has 1 aromatic heterocycles. The van der Waals surface area contributed by atoms with Gasteiger partial charge in [-0.15, -0.1) is 0 Å². The molecule has 0 unspecified atom stereocenters. The Morgan fingerprint density at radius 2 is 1.87 bits per heavy atom. The third-order valence-corrected chi connectivity index (χ3v) is 6.04. The quantitative estimate of drug-likeness (QED) is 0.670. The minimum atomic E-state index is -0.503. The van der Waals surface area contributed by atoms with E-state index in [1.165, 1.54) is 18.2 Å². The van der Waals surface area contributed by atoms with Crippen molar-refractivity contribution in [3.05, 3.63) is 52.9 Å². The average Bonchev–Trinajstić information content (AvgIpc) is 3.16. The number of hydrogen-bond acceptors (Lipinski definition) is 5. The van der Waals surface area contributed by atoms with E-state index in [2.05, 4.69) is 0 Å². The largest absolute Gasteiger partial charge is 0.457 e. The number of halogens is 1. The summed E-state index contributed by atoms with van der Waals surface area (Å²) in [7, 11) is 0. The highest BCUT2D eigenvalue weighted by Crippen LogP contribution is 2.33. The number of carbonyl (C=O) groups excluding carboxylic acids is 3. The number of nitrogens with zero attached hydrogens (tertiary/aromatic N) is 2. The van der Waals surface area contributed by atoms with E-state index in [0.29, 0.717) is 30.2 Å². The first-order valence-electron chi connectivity index (χ1n) is 9.90. The molecule has 0 saturated carbocycles. The van der Waals surface area contributed by atoms with Gasteiger partial charge in [-0.3, -0.25) is 19.3 Å². The number of imide groups is 1. The van der Waals surface area contributed by atoms with E-state index in [1.54, 1.807) is 29.2 Å². The topological polar surface area (TPSA) is 70.8 Å². The molecule has 2 aliphatic rings. The minimum absolute atomic E-state index is 0.198. The van der Waals surface area contributed by atoms with Crippen LogP contribution in [0.5, 0.6) is 0 Å². The number of amides is 3. The van der Waals surface area contributed by atoms with E-state index < -0.39 is 11.1 Å². The number of hydrogen-bond donors (Lipinski definition) is 0. The number of rotatable bonds is 4. The maximum Gasteiger partial charge on any atom is 0.294 e. The molecule has 2 saturated heterocycles. The molecule has 3 amide bonds. The minimum Gasteiger partial charge on any atom is -0.457 e. The molecule has 0 bridgehead atoms. The first kappa shape index (κ1) is 20.4. The summed E-state index contributed by atoms with van der Waals surface area (Å²) in [4.78, 5) is 40.5. The molecule has 6 nitrogen and oxygen atoms in total. The van der Waals surface area contributed by atoms with Crippen LogP contribution < -0.4 is 0 Å².